The molecule has 0 amide bonds. The summed E-state index contributed by atoms with van der Waals surface area (Å²) in [7, 11) is -1.29. The van der Waals surface area contributed by atoms with Crippen molar-refractivity contribution in [2.45, 2.75) is 32.1 Å². The number of hydrogen-bond donors (Lipinski definition) is 1. The molecule has 0 spiro atoms. The highest BCUT2D eigenvalue weighted by molar-refractivity contribution is 7.92. The van der Waals surface area contributed by atoms with Gasteiger partial charge in [-0.1, -0.05) is 0 Å². The monoisotopic (exact) mass is 329 g/mol. The number of aryl methyl sites for hydroxylation is 1. The lowest BCUT2D eigenvalue weighted by molar-refractivity contribution is 0.353. The molecule has 1 aromatic rings. The number of nitrogens with zero attached hydrogens (tertiary/aromatic N) is 2. The fourth-order valence-corrected chi connectivity index (χ4v) is 4.61. The van der Waals surface area contributed by atoms with Gasteiger partial charge < -0.3 is 10.2 Å². The zero-order valence-corrected chi connectivity index (χ0v) is 14.6. The SMILES string of the molecule is CN=C(NCc1sccc1C)N1CCS(=O)(=O)C(C)(C)C1. The summed E-state index contributed by atoms with van der Waals surface area (Å²) in [6.45, 7) is 7.34. The normalized spacial score (nSPS) is 21.3. The highest BCUT2D eigenvalue weighted by atomic mass is 32.2. The van der Waals surface area contributed by atoms with Crippen molar-refractivity contribution < 1.29 is 8.42 Å². The number of thiophene rings is 1. The van der Waals surface area contributed by atoms with Crippen molar-refractivity contribution in [1.29, 1.82) is 0 Å². The Hall–Kier alpha value is -1.08. The molecule has 1 aliphatic heterocycles. The molecule has 21 heavy (non-hydrogen) atoms. The molecule has 0 saturated carbocycles. The minimum Gasteiger partial charge on any atom is -0.351 e. The van der Waals surface area contributed by atoms with Crippen molar-refractivity contribution in [3.05, 3.63) is 21.9 Å². The third-order valence-corrected chi connectivity index (χ3v) is 7.49. The van der Waals surface area contributed by atoms with Gasteiger partial charge in [0, 0.05) is 25.0 Å². The molecule has 7 heteroatoms. The Morgan fingerprint density at radius 3 is 2.76 bits per heavy atom. The largest absolute Gasteiger partial charge is 0.351 e. The van der Waals surface area contributed by atoms with Gasteiger partial charge in [0.25, 0.3) is 0 Å². The summed E-state index contributed by atoms with van der Waals surface area (Å²) in [5.74, 6) is 0.949. The molecular formula is C14H23N3O2S2. The van der Waals surface area contributed by atoms with Crippen LogP contribution in [0.25, 0.3) is 0 Å². The van der Waals surface area contributed by atoms with Crippen LogP contribution in [0.1, 0.15) is 24.3 Å². The first-order valence-corrected chi connectivity index (χ1v) is 9.51. The van der Waals surface area contributed by atoms with E-state index < -0.39 is 14.6 Å². The summed E-state index contributed by atoms with van der Waals surface area (Å²) < 4.78 is 23.4. The summed E-state index contributed by atoms with van der Waals surface area (Å²) in [6, 6.07) is 2.10. The van der Waals surface area contributed by atoms with E-state index in [1.54, 1.807) is 32.2 Å². The van der Waals surface area contributed by atoms with Gasteiger partial charge in [-0.25, -0.2) is 8.42 Å². The fraction of sp³-hybridized carbons (Fsp3) is 0.643. The van der Waals surface area contributed by atoms with Gasteiger partial charge in [0.05, 0.1) is 17.0 Å². The number of aliphatic imine (C=N–C) groups is 1. The van der Waals surface area contributed by atoms with Crippen molar-refractivity contribution in [2.24, 2.45) is 4.99 Å². The lowest BCUT2D eigenvalue weighted by atomic mass is 10.2. The van der Waals surface area contributed by atoms with E-state index in [0.29, 0.717) is 13.1 Å². The lowest BCUT2D eigenvalue weighted by Gasteiger charge is -2.39. The zero-order valence-electron chi connectivity index (χ0n) is 13.0. The molecule has 0 unspecified atom stereocenters. The first kappa shape index (κ1) is 16.3. The quantitative estimate of drug-likeness (QED) is 0.662. The Kier molecular flexibility index (Phi) is 4.63. The van der Waals surface area contributed by atoms with Crippen LogP contribution in [0.2, 0.25) is 0 Å². The van der Waals surface area contributed by atoms with Crippen molar-refractivity contribution in [3.63, 3.8) is 0 Å². The number of guanidine groups is 1. The second kappa shape index (κ2) is 5.96. The van der Waals surface area contributed by atoms with Gasteiger partial charge in [-0.05, 0) is 37.8 Å². The summed E-state index contributed by atoms with van der Waals surface area (Å²) in [5, 5.41) is 5.41. The average Bonchev–Trinajstić information content (AvgIpc) is 2.80. The van der Waals surface area contributed by atoms with E-state index in [4.69, 9.17) is 0 Å². The van der Waals surface area contributed by atoms with Crippen LogP contribution in [-0.4, -0.2) is 49.9 Å². The Morgan fingerprint density at radius 2 is 2.24 bits per heavy atom. The average molecular weight is 329 g/mol. The Bertz CT molecular complexity index is 632. The number of hydrogen-bond acceptors (Lipinski definition) is 4. The van der Waals surface area contributed by atoms with Crippen LogP contribution in [-0.2, 0) is 16.4 Å². The van der Waals surface area contributed by atoms with Gasteiger partial charge in [-0.15, -0.1) is 11.3 Å². The zero-order chi connectivity index (χ0) is 15.7. The van der Waals surface area contributed by atoms with Crippen LogP contribution in [0.4, 0.5) is 0 Å². The maximum absolute atomic E-state index is 12.1. The Balaban J connectivity index is 2.04. The molecule has 0 atom stereocenters. The minimum absolute atomic E-state index is 0.179. The molecule has 118 valence electrons. The van der Waals surface area contributed by atoms with Crippen LogP contribution in [0.15, 0.2) is 16.4 Å². The van der Waals surface area contributed by atoms with Gasteiger partial charge in [-0.3, -0.25) is 4.99 Å². The van der Waals surface area contributed by atoms with E-state index >= 15 is 0 Å². The van der Waals surface area contributed by atoms with E-state index in [-0.39, 0.29) is 5.75 Å². The Morgan fingerprint density at radius 1 is 1.52 bits per heavy atom. The van der Waals surface area contributed by atoms with E-state index in [1.807, 2.05) is 4.90 Å². The smallest absolute Gasteiger partial charge is 0.194 e. The van der Waals surface area contributed by atoms with Crippen molar-refractivity contribution >= 4 is 27.1 Å². The Labute approximate surface area is 131 Å². The van der Waals surface area contributed by atoms with Crippen LogP contribution >= 0.6 is 11.3 Å². The van der Waals surface area contributed by atoms with E-state index in [0.717, 1.165) is 12.5 Å². The second-order valence-corrected chi connectivity index (χ2v) is 9.67. The highest BCUT2D eigenvalue weighted by Gasteiger charge is 2.40. The van der Waals surface area contributed by atoms with Gasteiger partial charge in [0.2, 0.25) is 0 Å². The lowest BCUT2D eigenvalue weighted by Crippen LogP contribution is -2.57. The van der Waals surface area contributed by atoms with Crippen LogP contribution in [0, 0.1) is 6.92 Å². The van der Waals surface area contributed by atoms with Crippen LogP contribution in [0.5, 0.6) is 0 Å². The number of sulfone groups is 1. The van der Waals surface area contributed by atoms with Crippen molar-refractivity contribution in [1.82, 2.24) is 10.2 Å². The molecule has 0 aromatic carbocycles. The third-order valence-electron chi connectivity index (χ3n) is 3.93. The predicted molar refractivity (Wildman–Crippen MR) is 88.7 cm³/mol. The molecule has 5 nitrogen and oxygen atoms in total. The fourth-order valence-electron chi connectivity index (χ4n) is 2.40. The van der Waals surface area contributed by atoms with E-state index in [9.17, 15) is 8.42 Å². The molecular weight excluding hydrogens is 306 g/mol. The summed E-state index contributed by atoms with van der Waals surface area (Å²) in [6.07, 6.45) is 0. The van der Waals surface area contributed by atoms with E-state index in [1.165, 1.54) is 10.4 Å². The first-order chi connectivity index (χ1) is 9.77. The van der Waals surface area contributed by atoms with Crippen molar-refractivity contribution in [2.75, 3.05) is 25.9 Å². The van der Waals surface area contributed by atoms with Gasteiger partial charge in [0.1, 0.15) is 0 Å². The van der Waals surface area contributed by atoms with Gasteiger partial charge >= 0.3 is 0 Å². The maximum Gasteiger partial charge on any atom is 0.194 e. The maximum atomic E-state index is 12.1. The predicted octanol–water partition coefficient (Wildman–Crippen LogP) is 1.64. The summed E-state index contributed by atoms with van der Waals surface area (Å²) >= 11 is 1.72. The van der Waals surface area contributed by atoms with Crippen LogP contribution in [0.3, 0.4) is 0 Å². The summed E-state index contributed by atoms with van der Waals surface area (Å²) in [5.41, 5.74) is 1.27. The standard InChI is InChI=1S/C14H23N3O2S2/c1-11-5-7-20-12(11)9-16-13(15-4)17-6-8-21(18,19)14(2,3)10-17/h5,7H,6,8-10H2,1-4H3,(H,15,16). The molecule has 1 fully saturated rings. The minimum atomic E-state index is -3.02. The van der Waals surface area contributed by atoms with Gasteiger partial charge in [0.15, 0.2) is 15.8 Å². The first-order valence-electron chi connectivity index (χ1n) is 6.98. The molecule has 2 rings (SSSR count). The van der Waals surface area contributed by atoms with E-state index in [2.05, 4.69) is 28.7 Å². The molecule has 1 aromatic heterocycles. The molecule has 0 bridgehead atoms. The van der Waals surface area contributed by atoms with Crippen molar-refractivity contribution in [3.8, 4) is 0 Å². The molecule has 1 saturated heterocycles. The molecule has 1 N–H and O–H groups in total. The van der Waals surface area contributed by atoms with Gasteiger partial charge in [-0.2, -0.15) is 0 Å². The molecule has 2 heterocycles. The third kappa shape index (κ3) is 3.40. The van der Waals surface area contributed by atoms with Crippen LogP contribution < -0.4 is 5.32 Å². The topological polar surface area (TPSA) is 61.8 Å². The summed E-state index contributed by atoms with van der Waals surface area (Å²) in [4.78, 5) is 7.60. The number of rotatable bonds is 2. The molecule has 0 aliphatic carbocycles. The number of nitrogens with one attached hydrogen (secondary N) is 1. The molecule has 1 aliphatic rings. The second-order valence-electron chi connectivity index (χ2n) is 5.93. The molecule has 0 radical (unpaired) electrons. The highest BCUT2D eigenvalue weighted by Crippen LogP contribution is 2.24.